The first-order valence-electron chi connectivity index (χ1n) is 10.8. The third-order valence-electron chi connectivity index (χ3n) is 7.85. The van der Waals surface area contributed by atoms with Crippen LogP contribution < -0.4 is 0 Å². The van der Waals surface area contributed by atoms with Crippen LogP contribution in [-0.2, 0) is 0 Å². The maximum atomic E-state index is 10.0. The van der Waals surface area contributed by atoms with Crippen LogP contribution in [0.2, 0.25) is 0 Å². The van der Waals surface area contributed by atoms with Crippen molar-refractivity contribution < 1.29 is 5.11 Å². The van der Waals surface area contributed by atoms with Gasteiger partial charge in [0.2, 0.25) is 0 Å². The Kier molecular flexibility index (Phi) is 6.01. The number of benzene rings is 1. The quantitative estimate of drug-likeness (QED) is 0.708. The van der Waals surface area contributed by atoms with Crippen LogP contribution in [0, 0.1) is 23.7 Å². The van der Waals surface area contributed by atoms with Crippen molar-refractivity contribution in [3.8, 4) is 5.75 Å². The first-order chi connectivity index (χ1) is 12.3. The van der Waals surface area contributed by atoms with Crippen LogP contribution in [0.25, 0.3) is 0 Å². The van der Waals surface area contributed by atoms with Crippen LogP contribution in [0.1, 0.15) is 77.2 Å². The fraction of sp³-hybridized carbons (Fsp3) is 0.750. The van der Waals surface area contributed by atoms with Crippen LogP contribution in [-0.4, -0.2) is 29.6 Å². The van der Waals surface area contributed by atoms with Gasteiger partial charge in [0, 0.05) is 5.54 Å². The second-order valence-corrected chi connectivity index (χ2v) is 9.86. The summed E-state index contributed by atoms with van der Waals surface area (Å²) < 4.78 is 0. The Morgan fingerprint density at radius 3 is 2.46 bits per heavy atom. The van der Waals surface area contributed by atoms with Crippen molar-refractivity contribution in [1.29, 1.82) is 0 Å². The molecule has 0 aliphatic heterocycles. The number of aromatic hydroxyl groups is 1. The van der Waals surface area contributed by atoms with Gasteiger partial charge in [-0.15, -0.1) is 0 Å². The van der Waals surface area contributed by atoms with Crippen LogP contribution in [0.5, 0.6) is 5.75 Å². The van der Waals surface area contributed by atoms with E-state index in [0.717, 1.165) is 23.7 Å². The smallest absolute Gasteiger partial charge is 0.115 e. The SMILES string of the molecule is CC(C)C1CCC(C)(N(C)C)CC1C1CCCCC1c1cccc(O)c1. The van der Waals surface area contributed by atoms with E-state index >= 15 is 0 Å². The van der Waals surface area contributed by atoms with Crippen molar-refractivity contribution in [2.45, 2.75) is 77.2 Å². The van der Waals surface area contributed by atoms with E-state index in [-0.39, 0.29) is 0 Å². The molecule has 1 N–H and O–H groups in total. The topological polar surface area (TPSA) is 23.5 Å². The predicted octanol–water partition coefficient (Wildman–Crippen LogP) is 6.06. The van der Waals surface area contributed by atoms with E-state index in [1.165, 1.54) is 50.5 Å². The highest BCUT2D eigenvalue weighted by molar-refractivity contribution is 5.30. The van der Waals surface area contributed by atoms with E-state index < -0.39 is 0 Å². The van der Waals surface area contributed by atoms with Crippen molar-refractivity contribution >= 4 is 0 Å². The maximum Gasteiger partial charge on any atom is 0.115 e. The summed E-state index contributed by atoms with van der Waals surface area (Å²) in [5, 5.41) is 10.0. The van der Waals surface area contributed by atoms with Gasteiger partial charge >= 0.3 is 0 Å². The lowest BCUT2D eigenvalue weighted by atomic mass is 9.57. The summed E-state index contributed by atoms with van der Waals surface area (Å²) in [4.78, 5) is 2.47. The molecule has 3 rings (SSSR count). The molecule has 0 saturated heterocycles. The minimum atomic E-state index is 0.330. The zero-order chi connectivity index (χ0) is 18.9. The molecule has 0 aromatic heterocycles. The van der Waals surface area contributed by atoms with E-state index in [1.54, 1.807) is 0 Å². The van der Waals surface area contributed by atoms with E-state index in [2.05, 4.69) is 45.8 Å². The van der Waals surface area contributed by atoms with Crippen molar-refractivity contribution in [3.05, 3.63) is 29.8 Å². The first-order valence-corrected chi connectivity index (χ1v) is 10.8. The van der Waals surface area contributed by atoms with Gasteiger partial charge in [-0.2, -0.15) is 0 Å². The number of rotatable bonds is 4. The standard InChI is InChI=1S/C24H39NO/c1-17(2)20-13-14-24(3,25(4)5)16-23(20)22-12-7-6-11-21(22)18-9-8-10-19(26)15-18/h8-10,15,17,20-23,26H,6-7,11-14,16H2,1-5H3. The van der Waals surface area contributed by atoms with Crippen LogP contribution >= 0.6 is 0 Å². The molecule has 0 heterocycles. The Hall–Kier alpha value is -1.02. The minimum Gasteiger partial charge on any atom is -0.508 e. The van der Waals surface area contributed by atoms with Crippen molar-refractivity contribution in [2.75, 3.05) is 14.1 Å². The molecule has 2 nitrogen and oxygen atoms in total. The molecule has 1 aromatic carbocycles. The van der Waals surface area contributed by atoms with Gasteiger partial charge < -0.3 is 10.0 Å². The number of nitrogens with zero attached hydrogens (tertiary/aromatic N) is 1. The highest BCUT2D eigenvalue weighted by Crippen LogP contribution is 2.52. The molecule has 2 aliphatic rings. The second-order valence-electron chi connectivity index (χ2n) is 9.86. The van der Waals surface area contributed by atoms with Crippen LogP contribution in [0.15, 0.2) is 24.3 Å². The van der Waals surface area contributed by atoms with Gasteiger partial charge in [0.05, 0.1) is 0 Å². The third-order valence-corrected chi connectivity index (χ3v) is 7.85. The number of phenolic OH excluding ortho intramolecular Hbond substituents is 1. The Morgan fingerprint density at radius 1 is 1.08 bits per heavy atom. The van der Waals surface area contributed by atoms with Gasteiger partial charge in [-0.3, -0.25) is 0 Å². The minimum absolute atomic E-state index is 0.330. The zero-order valence-electron chi connectivity index (χ0n) is 17.5. The van der Waals surface area contributed by atoms with Gasteiger partial charge in [0.15, 0.2) is 0 Å². The Morgan fingerprint density at radius 2 is 1.81 bits per heavy atom. The molecule has 2 saturated carbocycles. The van der Waals surface area contributed by atoms with Gasteiger partial charge in [0.25, 0.3) is 0 Å². The number of phenols is 1. The Balaban J connectivity index is 1.92. The average molecular weight is 358 g/mol. The second kappa shape index (κ2) is 7.92. The van der Waals surface area contributed by atoms with Crippen molar-refractivity contribution in [1.82, 2.24) is 4.90 Å². The predicted molar refractivity (Wildman–Crippen MR) is 111 cm³/mol. The summed E-state index contributed by atoms with van der Waals surface area (Å²) in [6, 6.07) is 8.12. The largest absolute Gasteiger partial charge is 0.508 e. The highest BCUT2D eigenvalue weighted by atomic mass is 16.3. The van der Waals surface area contributed by atoms with Crippen molar-refractivity contribution in [3.63, 3.8) is 0 Å². The van der Waals surface area contributed by atoms with Crippen LogP contribution in [0.3, 0.4) is 0 Å². The van der Waals surface area contributed by atoms with E-state index in [4.69, 9.17) is 0 Å². The summed E-state index contributed by atoms with van der Waals surface area (Å²) >= 11 is 0. The molecule has 1 aromatic rings. The van der Waals surface area contributed by atoms with E-state index in [1.807, 2.05) is 18.2 Å². The number of hydrogen-bond donors (Lipinski definition) is 1. The summed E-state index contributed by atoms with van der Waals surface area (Å²) in [5.74, 6) is 4.20. The van der Waals surface area contributed by atoms with Gasteiger partial charge in [-0.1, -0.05) is 38.8 Å². The summed E-state index contributed by atoms with van der Waals surface area (Å²) in [6.07, 6.45) is 9.36. The monoisotopic (exact) mass is 357 g/mol. The molecule has 5 atom stereocenters. The third kappa shape index (κ3) is 3.96. The molecule has 2 aliphatic carbocycles. The Bertz CT molecular complexity index is 596. The fourth-order valence-electron chi connectivity index (χ4n) is 6.00. The Labute approximate surface area is 161 Å². The van der Waals surface area contributed by atoms with E-state index in [9.17, 15) is 5.11 Å². The molecular formula is C24H39NO. The normalized spacial score (nSPS) is 35.8. The molecule has 26 heavy (non-hydrogen) atoms. The lowest BCUT2D eigenvalue weighted by Crippen LogP contribution is -2.50. The zero-order valence-corrected chi connectivity index (χ0v) is 17.5. The first kappa shape index (κ1) is 19.7. The van der Waals surface area contributed by atoms with E-state index in [0.29, 0.717) is 17.2 Å². The van der Waals surface area contributed by atoms with Gasteiger partial charge in [0.1, 0.15) is 5.75 Å². The summed E-state index contributed by atoms with van der Waals surface area (Å²) in [5.41, 5.74) is 1.70. The molecule has 146 valence electrons. The fourth-order valence-corrected chi connectivity index (χ4v) is 6.00. The molecule has 0 amide bonds. The summed E-state index contributed by atoms with van der Waals surface area (Å²) in [7, 11) is 4.53. The molecule has 0 spiro atoms. The van der Waals surface area contributed by atoms with Gasteiger partial charge in [-0.05, 0) is 100 Å². The molecule has 2 heteroatoms. The lowest BCUT2D eigenvalue weighted by molar-refractivity contribution is -0.00168. The molecule has 0 bridgehead atoms. The highest BCUT2D eigenvalue weighted by Gasteiger charge is 2.45. The lowest BCUT2D eigenvalue weighted by Gasteiger charge is -2.52. The van der Waals surface area contributed by atoms with Gasteiger partial charge in [-0.25, -0.2) is 0 Å². The summed E-state index contributed by atoms with van der Waals surface area (Å²) in [6.45, 7) is 7.34. The van der Waals surface area contributed by atoms with Crippen molar-refractivity contribution in [2.24, 2.45) is 23.7 Å². The van der Waals surface area contributed by atoms with Crippen LogP contribution in [0.4, 0.5) is 0 Å². The molecule has 2 fully saturated rings. The maximum absolute atomic E-state index is 10.0. The molecule has 5 unspecified atom stereocenters. The molecular weight excluding hydrogens is 318 g/mol. The average Bonchev–Trinajstić information content (AvgIpc) is 2.61. The number of hydrogen-bond acceptors (Lipinski definition) is 2. The molecule has 0 radical (unpaired) electrons.